The topological polar surface area (TPSA) is 88.6 Å². The van der Waals surface area contributed by atoms with E-state index in [0.29, 0.717) is 23.8 Å². The second-order valence-electron chi connectivity index (χ2n) is 11.2. The van der Waals surface area contributed by atoms with E-state index in [1.807, 2.05) is 37.8 Å². The van der Waals surface area contributed by atoms with Crippen LogP contribution in [0.3, 0.4) is 0 Å². The lowest BCUT2D eigenvalue weighted by Gasteiger charge is -2.37. The van der Waals surface area contributed by atoms with Gasteiger partial charge in [-0.15, -0.1) is 0 Å². The fourth-order valence-corrected chi connectivity index (χ4v) is 6.20. The number of rotatable bonds is 6. The third-order valence-electron chi connectivity index (χ3n) is 8.68. The van der Waals surface area contributed by atoms with Crippen molar-refractivity contribution in [3.63, 3.8) is 0 Å². The van der Waals surface area contributed by atoms with Crippen LogP contribution in [0.4, 0.5) is 0 Å². The first-order chi connectivity index (χ1) is 19.6. The maximum Gasteiger partial charge on any atom is 0.181 e. The average molecular weight is 531 g/mol. The number of aryl methyl sites for hydroxylation is 3. The van der Waals surface area contributed by atoms with Crippen LogP contribution in [-0.4, -0.2) is 50.4 Å². The Morgan fingerprint density at radius 3 is 2.48 bits per heavy atom. The van der Waals surface area contributed by atoms with Crippen molar-refractivity contribution in [2.45, 2.75) is 63.6 Å². The number of H-pyrrole nitrogens is 1. The second kappa shape index (κ2) is 10.6. The summed E-state index contributed by atoms with van der Waals surface area (Å²) in [5.41, 5.74) is 10.7. The molecular formula is C33H34N6O. The molecule has 0 amide bonds. The summed E-state index contributed by atoms with van der Waals surface area (Å²) in [6.45, 7) is 2.07. The Morgan fingerprint density at radius 1 is 0.850 bits per heavy atom. The van der Waals surface area contributed by atoms with Gasteiger partial charge < -0.3 is 10.1 Å². The van der Waals surface area contributed by atoms with E-state index in [1.165, 1.54) is 29.5 Å². The van der Waals surface area contributed by atoms with Crippen LogP contribution in [0.15, 0.2) is 67.1 Å². The molecule has 1 aromatic carbocycles. The van der Waals surface area contributed by atoms with Crippen LogP contribution in [0.5, 0.6) is 0 Å². The van der Waals surface area contributed by atoms with Gasteiger partial charge in [0.2, 0.25) is 0 Å². The van der Waals surface area contributed by atoms with Crippen LogP contribution >= 0.6 is 0 Å². The highest BCUT2D eigenvalue weighted by molar-refractivity contribution is 5.92. The number of fused-ring (bicyclic) bond motifs is 2. The zero-order valence-electron chi connectivity index (χ0n) is 23.0. The molecule has 7 nitrogen and oxygen atoms in total. The van der Waals surface area contributed by atoms with Crippen LogP contribution in [0, 0.1) is 6.92 Å². The molecule has 4 heterocycles. The number of nitrogens with one attached hydrogen (secondary N) is 2. The normalized spacial score (nSPS) is 20.6. The molecule has 2 aliphatic rings. The quantitative estimate of drug-likeness (QED) is 0.259. The number of nitrogens with zero attached hydrogens (tertiary/aromatic N) is 4. The van der Waals surface area contributed by atoms with Crippen LogP contribution in [0.25, 0.3) is 44.8 Å². The first-order valence-electron chi connectivity index (χ1n) is 14.3. The zero-order chi connectivity index (χ0) is 27.1. The number of ether oxygens (including phenoxy) is 1. The standard InChI is InChI=1S/C33H34N6O/c1-20-4-3-13-34-31(20)24-9-12-30(35-18-24)32-29-15-25(19-36-33(29)39-38-32)23-6-5-21-7-10-26(11-8-22(21)14-23)37-27-16-28(17-27)40-2/h3-6,9,12-15,18-19,26-28,37H,7-8,10-11,16-17H2,1-2H3,(H,36,38,39)/t26-,27?,28?/m0/s1. The molecule has 4 aromatic heterocycles. The lowest BCUT2D eigenvalue weighted by Crippen LogP contribution is -2.49. The van der Waals surface area contributed by atoms with Crippen molar-refractivity contribution >= 4 is 11.0 Å². The molecule has 1 fully saturated rings. The zero-order valence-corrected chi connectivity index (χ0v) is 23.0. The van der Waals surface area contributed by atoms with Gasteiger partial charge in [0.05, 0.1) is 23.2 Å². The number of hydrogen-bond acceptors (Lipinski definition) is 6. The Kier molecular flexibility index (Phi) is 6.61. The van der Waals surface area contributed by atoms with Gasteiger partial charge in [-0.3, -0.25) is 15.1 Å². The van der Waals surface area contributed by atoms with Crippen molar-refractivity contribution in [2.75, 3.05) is 7.11 Å². The first kappa shape index (κ1) is 25.1. The minimum absolute atomic E-state index is 0.440. The molecule has 5 aromatic rings. The van der Waals surface area contributed by atoms with Crippen molar-refractivity contribution in [1.29, 1.82) is 0 Å². The van der Waals surface area contributed by atoms with Crippen LogP contribution in [-0.2, 0) is 17.6 Å². The van der Waals surface area contributed by atoms with Crippen molar-refractivity contribution in [3.05, 3.63) is 83.8 Å². The number of aromatic amines is 1. The van der Waals surface area contributed by atoms with Crippen LogP contribution in [0.1, 0.15) is 42.4 Å². The highest BCUT2D eigenvalue weighted by Gasteiger charge is 2.31. The maximum absolute atomic E-state index is 5.46. The molecule has 40 heavy (non-hydrogen) atoms. The van der Waals surface area contributed by atoms with E-state index in [2.05, 4.69) is 68.8 Å². The third-order valence-corrected chi connectivity index (χ3v) is 8.68. The summed E-state index contributed by atoms with van der Waals surface area (Å²) in [4.78, 5) is 14.0. The van der Waals surface area contributed by atoms with E-state index in [4.69, 9.17) is 9.72 Å². The van der Waals surface area contributed by atoms with E-state index in [1.54, 1.807) is 0 Å². The van der Waals surface area contributed by atoms with Gasteiger partial charge in [0, 0.05) is 54.3 Å². The molecule has 0 bridgehead atoms. The Hall–Kier alpha value is -3.94. The van der Waals surface area contributed by atoms with E-state index < -0.39 is 0 Å². The summed E-state index contributed by atoms with van der Waals surface area (Å²) in [6, 6.07) is 18.4. The van der Waals surface area contributed by atoms with Gasteiger partial charge in [0.1, 0.15) is 0 Å². The monoisotopic (exact) mass is 530 g/mol. The van der Waals surface area contributed by atoms with Crippen molar-refractivity contribution < 1.29 is 4.74 Å². The molecule has 1 saturated carbocycles. The van der Waals surface area contributed by atoms with Crippen LogP contribution in [0.2, 0.25) is 0 Å². The van der Waals surface area contributed by atoms with Gasteiger partial charge in [-0.25, -0.2) is 4.98 Å². The molecular weight excluding hydrogens is 496 g/mol. The average Bonchev–Trinajstić information content (AvgIpc) is 3.29. The fraction of sp³-hybridized carbons (Fsp3) is 0.333. The SMILES string of the molecule is COC1CC(N[C@H]2CCc3ccc(-c4cnc5n[nH]c(-c6ccc(-c7ncccc7C)cn6)c5c4)cc3CC2)C1. The summed E-state index contributed by atoms with van der Waals surface area (Å²) in [5.74, 6) is 0. The van der Waals surface area contributed by atoms with Gasteiger partial charge in [-0.2, -0.15) is 5.10 Å². The third kappa shape index (κ3) is 4.80. The maximum atomic E-state index is 5.46. The molecule has 1 atom stereocenters. The predicted octanol–water partition coefficient (Wildman–Crippen LogP) is 6.07. The second-order valence-corrected chi connectivity index (χ2v) is 11.2. The van der Waals surface area contributed by atoms with Gasteiger partial charge in [0.15, 0.2) is 5.65 Å². The Labute approximate surface area is 234 Å². The summed E-state index contributed by atoms with van der Waals surface area (Å²) in [5, 5.41) is 12.5. The number of methoxy groups -OCH3 is 1. The molecule has 7 rings (SSSR count). The largest absolute Gasteiger partial charge is 0.381 e. The summed E-state index contributed by atoms with van der Waals surface area (Å²) < 4.78 is 5.46. The summed E-state index contributed by atoms with van der Waals surface area (Å²) >= 11 is 0. The highest BCUT2D eigenvalue weighted by atomic mass is 16.5. The van der Waals surface area contributed by atoms with Gasteiger partial charge in [0.25, 0.3) is 0 Å². The molecule has 2 N–H and O–H groups in total. The van der Waals surface area contributed by atoms with Gasteiger partial charge in [-0.05, 0) is 92.0 Å². The molecule has 202 valence electrons. The molecule has 0 spiro atoms. The lowest BCUT2D eigenvalue weighted by molar-refractivity contribution is 0.0137. The fourth-order valence-electron chi connectivity index (χ4n) is 6.20. The minimum atomic E-state index is 0.440. The molecule has 0 radical (unpaired) electrons. The Bertz CT molecular complexity index is 1650. The van der Waals surface area contributed by atoms with Crippen molar-refractivity contribution in [3.8, 4) is 33.8 Å². The van der Waals surface area contributed by atoms with Gasteiger partial charge >= 0.3 is 0 Å². The molecule has 0 aliphatic heterocycles. The number of pyridine rings is 3. The number of benzene rings is 1. The summed E-state index contributed by atoms with van der Waals surface area (Å²) in [6.07, 6.45) is 12.9. The van der Waals surface area contributed by atoms with E-state index in [-0.39, 0.29) is 0 Å². The molecule has 7 heteroatoms. The van der Waals surface area contributed by atoms with Crippen molar-refractivity contribution in [2.24, 2.45) is 0 Å². The van der Waals surface area contributed by atoms with Crippen LogP contribution < -0.4 is 5.32 Å². The predicted molar refractivity (Wildman–Crippen MR) is 158 cm³/mol. The number of hydrogen-bond donors (Lipinski definition) is 2. The number of aromatic nitrogens is 5. The molecule has 0 saturated heterocycles. The smallest absolute Gasteiger partial charge is 0.181 e. The Morgan fingerprint density at radius 2 is 1.68 bits per heavy atom. The molecule has 0 unspecified atom stereocenters. The van der Waals surface area contributed by atoms with Gasteiger partial charge in [-0.1, -0.05) is 24.3 Å². The summed E-state index contributed by atoms with van der Waals surface area (Å²) in [7, 11) is 1.82. The first-order valence-corrected chi connectivity index (χ1v) is 14.3. The Balaban J connectivity index is 1.12. The van der Waals surface area contributed by atoms with E-state index in [0.717, 1.165) is 64.8 Å². The highest BCUT2D eigenvalue weighted by Crippen LogP contribution is 2.32. The minimum Gasteiger partial charge on any atom is -0.381 e. The van der Waals surface area contributed by atoms with Crippen molar-refractivity contribution in [1.82, 2.24) is 30.5 Å². The van der Waals surface area contributed by atoms with E-state index in [9.17, 15) is 0 Å². The van der Waals surface area contributed by atoms with E-state index >= 15 is 0 Å². The molecule has 2 aliphatic carbocycles. The lowest BCUT2D eigenvalue weighted by atomic mass is 9.88.